The van der Waals surface area contributed by atoms with Gasteiger partial charge in [-0.25, -0.2) is 0 Å². The van der Waals surface area contributed by atoms with Gasteiger partial charge in [-0.15, -0.1) is 0 Å². The second-order valence-electron chi connectivity index (χ2n) is 4.94. The van der Waals surface area contributed by atoms with Crippen molar-refractivity contribution in [3.05, 3.63) is 51.8 Å². The van der Waals surface area contributed by atoms with Gasteiger partial charge in [0.05, 0.1) is 5.56 Å². The number of nitrogens with zero attached hydrogens (tertiary/aromatic N) is 2. The minimum atomic E-state index is -0.263. The Kier molecular flexibility index (Phi) is 3.55. The van der Waals surface area contributed by atoms with E-state index in [1.165, 1.54) is 11.8 Å². The van der Waals surface area contributed by atoms with E-state index >= 15 is 0 Å². The summed E-state index contributed by atoms with van der Waals surface area (Å²) in [6, 6.07) is 9.62. The van der Waals surface area contributed by atoms with Crippen molar-refractivity contribution >= 4 is 23.5 Å². The lowest BCUT2D eigenvalue weighted by molar-refractivity contribution is -0.116. The SMILES string of the molecule is CSc1nc(=O)c2c(n1C)NC(=O)C[C@@H]2c1ccccc1. The number of benzene rings is 1. The number of aromatic nitrogens is 2. The molecule has 5 nitrogen and oxygen atoms in total. The Morgan fingerprint density at radius 2 is 2.00 bits per heavy atom. The Bertz CT molecular complexity index is 756. The van der Waals surface area contributed by atoms with Crippen molar-refractivity contribution in [2.75, 3.05) is 11.6 Å². The van der Waals surface area contributed by atoms with E-state index in [9.17, 15) is 9.59 Å². The average Bonchev–Trinajstić information content (AvgIpc) is 2.50. The third-order valence-corrected chi connectivity index (χ3v) is 4.42. The van der Waals surface area contributed by atoms with Crippen molar-refractivity contribution in [3.63, 3.8) is 0 Å². The number of thioether (sulfide) groups is 1. The van der Waals surface area contributed by atoms with Gasteiger partial charge in [0.2, 0.25) is 5.91 Å². The molecule has 2 heterocycles. The molecular formula is C15H15N3O2S. The number of carbonyl (C=O) groups excluding carboxylic acids is 1. The number of nitrogens with one attached hydrogen (secondary N) is 1. The summed E-state index contributed by atoms with van der Waals surface area (Å²) in [6.07, 6.45) is 2.13. The molecule has 1 atom stereocenters. The van der Waals surface area contributed by atoms with Gasteiger partial charge in [-0.1, -0.05) is 42.1 Å². The summed E-state index contributed by atoms with van der Waals surface area (Å²) in [6.45, 7) is 0. The van der Waals surface area contributed by atoms with E-state index < -0.39 is 0 Å². The van der Waals surface area contributed by atoms with Crippen LogP contribution in [-0.2, 0) is 11.8 Å². The van der Waals surface area contributed by atoms with Gasteiger partial charge in [0.1, 0.15) is 5.82 Å². The van der Waals surface area contributed by atoms with Crippen molar-refractivity contribution < 1.29 is 4.79 Å². The van der Waals surface area contributed by atoms with Gasteiger partial charge in [0.15, 0.2) is 5.16 Å². The number of hydrogen-bond acceptors (Lipinski definition) is 4. The quantitative estimate of drug-likeness (QED) is 0.680. The molecule has 1 amide bonds. The molecule has 0 saturated carbocycles. The number of amides is 1. The fourth-order valence-corrected chi connectivity index (χ4v) is 3.23. The Labute approximate surface area is 126 Å². The highest BCUT2D eigenvalue weighted by Gasteiger charge is 2.31. The van der Waals surface area contributed by atoms with Crippen molar-refractivity contribution in [1.29, 1.82) is 0 Å². The number of anilines is 1. The van der Waals surface area contributed by atoms with Crippen LogP contribution in [0.3, 0.4) is 0 Å². The number of hydrogen-bond donors (Lipinski definition) is 1. The van der Waals surface area contributed by atoms with Crippen LogP contribution in [-0.4, -0.2) is 21.7 Å². The lowest BCUT2D eigenvalue weighted by atomic mass is 9.87. The van der Waals surface area contributed by atoms with Crippen molar-refractivity contribution in [1.82, 2.24) is 9.55 Å². The summed E-state index contributed by atoms with van der Waals surface area (Å²) in [5.74, 6) is 0.242. The molecule has 108 valence electrons. The normalized spacial score (nSPS) is 17.2. The van der Waals surface area contributed by atoms with E-state index in [0.717, 1.165) is 5.56 Å². The van der Waals surface area contributed by atoms with E-state index in [1.54, 1.807) is 4.57 Å². The van der Waals surface area contributed by atoms with Crippen LogP contribution in [0.25, 0.3) is 0 Å². The molecule has 21 heavy (non-hydrogen) atoms. The lowest BCUT2D eigenvalue weighted by Gasteiger charge is -2.27. The molecule has 1 aliphatic heterocycles. The summed E-state index contributed by atoms with van der Waals surface area (Å²) in [7, 11) is 1.81. The Balaban J connectivity index is 2.24. The molecule has 0 spiro atoms. The smallest absolute Gasteiger partial charge is 0.279 e. The van der Waals surface area contributed by atoms with Crippen molar-refractivity contribution in [2.45, 2.75) is 17.5 Å². The predicted octanol–water partition coefficient (Wildman–Crippen LogP) is 1.98. The van der Waals surface area contributed by atoms with Gasteiger partial charge in [-0.2, -0.15) is 4.98 Å². The van der Waals surface area contributed by atoms with Gasteiger partial charge >= 0.3 is 0 Å². The number of rotatable bonds is 2. The molecule has 1 N–H and O–H groups in total. The largest absolute Gasteiger partial charge is 0.312 e. The van der Waals surface area contributed by atoms with Crippen LogP contribution in [0.2, 0.25) is 0 Å². The van der Waals surface area contributed by atoms with E-state index in [4.69, 9.17) is 0 Å². The maximum Gasteiger partial charge on any atom is 0.279 e. The molecule has 3 rings (SSSR count). The van der Waals surface area contributed by atoms with Crippen LogP contribution in [0, 0.1) is 0 Å². The molecule has 0 radical (unpaired) electrons. The molecule has 0 unspecified atom stereocenters. The van der Waals surface area contributed by atoms with Crippen LogP contribution in [0.5, 0.6) is 0 Å². The molecule has 2 aromatic rings. The van der Waals surface area contributed by atoms with E-state index in [1.807, 2.05) is 43.6 Å². The number of carbonyl (C=O) groups is 1. The molecule has 0 bridgehead atoms. The first-order valence-electron chi connectivity index (χ1n) is 6.61. The standard InChI is InChI=1S/C15H15N3O2S/c1-18-13-12(14(20)17-15(18)21-2)10(8-11(19)16-13)9-6-4-3-5-7-9/h3-7,10H,8H2,1-2H3,(H,16,19)/t10-/m1/s1. The summed E-state index contributed by atoms with van der Waals surface area (Å²) in [4.78, 5) is 28.5. The molecule has 0 aliphatic carbocycles. The third-order valence-electron chi connectivity index (χ3n) is 3.69. The van der Waals surface area contributed by atoms with Crippen LogP contribution < -0.4 is 10.9 Å². The summed E-state index contributed by atoms with van der Waals surface area (Å²) in [5, 5.41) is 3.40. The van der Waals surface area contributed by atoms with E-state index in [2.05, 4.69) is 10.3 Å². The zero-order chi connectivity index (χ0) is 15.0. The Morgan fingerprint density at radius 1 is 1.29 bits per heavy atom. The lowest BCUT2D eigenvalue weighted by Crippen LogP contribution is -2.33. The maximum atomic E-state index is 12.4. The topological polar surface area (TPSA) is 64.0 Å². The van der Waals surface area contributed by atoms with Crippen LogP contribution in [0.4, 0.5) is 5.82 Å². The van der Waals surface area contributed by atoms with E-state index in [0.29, 0.717) is 16.5 Å². The summed E-state index contributed by atoms with van der Waals surface area (Å²) < 4.78 is 1.77. The monoisotopic (exact) mass is 301 g/mol. The van der Waals surface area contributed by atoms with Crippen molar-refractivity contribution in [2.24, 2.45) is 7.05 Å². The molecular weight excluding hydrogens is 286 g/mol. The van der Waals surface area contributed by atoms with Crippen molar-refractivity contribution in [3.8, 4) is 0 Å². The minimum absolute atomic E-state index is 0.0791. The second kappa shape index (κ2) is 5.37. The van der Waals surface area contributed by atoms with E-state index in [-0.39, 0.29) is 23.8 Å². The zero-order valence-electron chi connectivity index (χ0n) is 11.8. The predicted molar refractivity (Wildman–Crippen MR) is 82.8 cm³/mol. The van der Waals surface area contributed by atoms with Gasteiger partial charge in [0.25, 0.3) is 5.56 Å². The zero-order valence-corrected chi connectivity index (χ0v) is 12.6. The Hall–Kier alpha value is -2.08. The molecule has 1 aromatic heterocycles. The summed E-state index contributed by atoms with van der Waals surface area (Å²) in [5.41, 5.74) is 1.27. The first-order valence-corrected chi connectivity index (χ1v) is 7.84. The van der Waals surface area contributed by atoms with Crippen LogP contribution in [0.1, 0.15) is 23.5 Å². The maximum absolute atomic E-state index is 12.4. The molecule has 0 saturated heterocycles. The summed E-state index contributed by atoms with van der Waals surface area (Å²) >= 11 is 1.38. The molecule has 1 aliphatic rings. The molecule has 6 heteroatoms. The fourth-order valence-electron chi connectivity index (χ4n) is 2.69. The Morgan fingerprint density at radius 3 is 2.67 bits per heavy atom. The highest BCUT2D eigenvalue weighted by molar-refractivity contribution is 7.98. The first kappa shape index (κ1) is 13.9. The van der Waals surface area contributed by atoms with Crippen LogP contribution in [0.15, 0.2) is 40.3 Å². The van der Waals surface area contributed by atoms with Gasteiger partial charge in [-0.05, 0) is 11.8 Å². The minimum Gasteiger partial charge on any atom is -0.312 e. The van der Waals surface area contributed by atoms with Gasteiger partial charge < -0.3 is 9.88 Å². The van der Waals surface area contributed by atoms with Gasteiger partial charge in [0, 0.05) is 19.4 Å². The molecule has 0 fully saturated rings. The first-order chi connectivity index (χ1) is 10.1. The molecule has 1 aromatic carbocycles. The number of fused-ring (bicyclic) bond motifs is 1. The highest BCUT2D eigenvalue weighted by atomic mass is 32.2. The second-order valence-corrected chi connectivity index (χ2v) is 5.71. The fraction of sp³-hybridized carbons (Fsp3) is 0.267. The van der Waals surface area contributed by atoms with Crippen LogP contribution >= 0.6 is 11.8 Å². The average molecular weight is 301 g/mol. The third kappa shape index (κ3) is 2.35. The van der Waals surface area contributed by atoms with Gasteiger partial charge in [-0.3, -0.25) is 9.59 Å². The highest BCUT2D eigenvalue weighted by Crippen LogP contribution is 2.35.